The first-order valence-electron chi connectivity index (χ1n) is 22.7. The minimum Gasteiger partial charge on any atom is -0.456 e. The van der Waals surface area contributed by atoms with Gasteiger partial charge in [-0.05, 0) is 116 Å². The highest BCUT2D eigenvalue weighted by atomic mass is 28.3. The third-order valence-electron chi connectivity index (χ3n) is 13.9. The summed E-state index contributed by atoms with van der Waals surface area (Å²) in [4.78, 5) is 2.46. The quantitative estimate of drug-likeness (QED) is 0.150. The van der Waals surface area contributed by atoms with Crippen molar-refractivity contribution >= 4 is 79.4 Å². The second-order valence-electron chi connectivity index (χ2n) is 18.0. The Morgan fingerprint density at radius 3 is 1.36 bits per heavy atom. The number of fused-ring (bicyclic) bond motifs is 9. The molecule has 0 bridgehead atoms. The molecule has 1 aliphatic heterocycles. The van der Waals surface area contributed by atoms with E-state index in [4.69, 9.17) is 8.83 Å². The summed E-state index contributed by atoms with van der Waals surface area (Å²) in [6.45, 7) is 4.98. The van der Waals surface area contributed by atoms with Gasteiger partial charge in [-0.25, -0.2) is 0 Å². The Labute approximate surface area is 384 Å². The van der Waals surface area contributed by atoms with E-state index in [1.807, 2.05) is 6.07 Å². The van der Waals surface area contributed by atoms with Crippen LogP contribution in [-0.4, -0.2) is 8.07 Å². The number of rotatable bonds is 7. The lowest BCUT2D eigenvalue weighted by atomic mass is 9.85. The third-order valence-corrected chi connectivity index (χ3v) is 17.5. The van der Waals surface area contributed by atoms with Gasteiger partial charge in [-0.15, -0.1) is 0 Å². The number of benzene rings is 10. The van der Waals surface area contributed by atoms with Gasteiger partial charge in [-0.2, -0.15) is 0 Å². The molecule has 13 rings (SSSR count). The van der Waals surface area contributed by atoms with Crippen LogP contribution in [0.25, 0.3) is 99.5 Å². The van der Waals surface area contributed by atoms with Crippen molar-refractivity contribution in [2.45, 2.75) is 13.1 Å². The number of furan rings is 2. The standard InChI is InChI=1S/C62H43NO2Si/c1-66(2)56-26-14-11-22-50(56)60-51(23-15-27-57(60)66)63(44-32-28-41(29-33-44)40-16-5-3-6-17-40)45-34-30-43(31-35-45)59-47(37-39-55-62(59)49-21-10-13-25-53(49)65-55)46-36-38-54-61(48-20-9-12-24-52(48)64-54)58(46)42-18-7-4-8-19-42/h3-39H,1-2H3. The zero-order valence-corrected chi connectivity index (χ0v) is 37.6. The predicted molar refractivity (Wildman–Crippen MR) is 280 cm³/mol. The first-order chi connectivity index (χ1) is 32.5. The van der Waals surface area contributed by atoms with Crippen LogP contribution in [0.15, 0.2) is 233 Å². The van der Waals surface area contributed by atoms with Gasteiger partial charge in [0, 0.05) is 49.6 Å². The maximum absolute atomic E-state index is 6.62. The minimum atomic E-state index is -1.95. The lowest BCUT2D eigenvalue weighted by molar-refractivity contribution is 0.668. The molecular formula is C62H43NO2Si. The number of para-hydroxylation sites is 2. The number of anilines is 3. The normalized spacial score (nSPS) is 12.8. The molecule has 0 saturated heterocycles. The van der Waals surface area contributed by atoms with Gasteiger partial charge < -0.3 is 13.7 Å². The van der Waals surface area contributed by atoms with Crippen molar-refractivity contribution in [1.29, 1.82) is 0 Å². The molecule has 2 aromatic heterocycles. The van der Waals surface area contributed by atoms with Gasteiger partial charge in [0.2, 0.25) is 0 Å². The molecule has 1 aliphatic rings. The highest BCUT2D eigenvalue weighted by Gasteiger charge is 2.39. The maximum Gasteiger partial charge on any atom is 0.136 e. The second kappa shape index (κ2) is 14.9. The van der Waals surface area contributed by atoms with Gasteiger partial charge in [-0.1, -0.05) is 171 Å². The number of hydrogen-bond donors (Lipinski definition) is 0. The van der Waals surface area contributed by atoms with Crippen molar-refractivity contribution < 1.29 is 8.83 Å². The summed E-state index contributed by atoms with van der Waals surface area (Å²) < 4.78 is 13.1. The topological polar surface area (TPSA) is 29.5 Å². The van der Waals surface area contributed by atoms with Crippen molar-refractivity contribution in [3.05, 3.63) is 224 Å². The third kappa shape index (κ3) is 5.89. The molecule has 10 aromatic carbocycles. The SMILES string of the molecule is C[Si]1(C)c2ccccc2-c2c(N(c3ccc(-c4ccccc4)cc3)c3ccc(-c4c(-c5ccc6oc7ccccc7c6c5-c5ccccc5)ccc5oc6ccccc6c45)cc3)cccc21. The zero-order valence-electron chi connectivity index (χ0n) is 36.6. The molecule has 0 aliphatic carbocycles. The Balaban J connectivity index is 1.04. The molecule has 0 radical (unpaired) electrons. The Morgan fingerprint density at radius 2 is 0.773 bits per heavy atom. The van der Waals surface area contributed by atoms with Crippen molar-refractivity contribution in [2.75, 3.05) is 4.90 Å². The summed E-state index contributed by atoms with van der Waals surface area (Å²) in [5.41, 5.74) is 18.8. The molecule has 0 unspecified atom stereocenters. The Morgan fingerprint density at radius 1 is 0.318 bits per heavy atom. The van der Waals surface area contributed by atoms with Gasteiger partial charge in [0.15, 0.2) is 0 Å². The van der Waals surface area contributed by atoms with E-state index >= 15 is 0 Å². The number of hydrogen-bond acceptors (Lipinski definition) is 3. The van der Waals surface area contributed by atoms with Crippen LogP contribution >= 0.6 is 0 Å². The van der Waals surface area contributed by atoms with Crippen LogP contribution in [0.2, 0.25) is 13.1 Å². The van der Waals surface area contributed by atoms with E-state index in [0.717, 1.165) is 88.6 Å². The first kappa shape index (κ1) is 38.3. The average molecular weight is 862 g/mol. The summed E-state index contributed by atoms with van der Waals surface area (Å²) >= 11 is 0. The maximum atomic E-state index is 6.62. The lowest BCUT2D eigenvalue weighted by Gasteiger charge is -2.29. The highest BCUT2D eigenvalue weighted by Crippen LogP contribution is 2.50. The molecule has 0 saturated carbocycles. The minimum absolute atomic E-state index is 0.862. The summed E-state index contributed by atoms with van der Waals surface area (Å²) in [6, 6.07) is 81.3. The van der Waals surface area contributed by atoms with Crippen LogP contribution in [0, 0.1) is 0 Å². The van der Waals surface area contributed by atoms with Crippen LogP contribution < -0.4 is 15.3 Å². The van der Waals surface area contributed by atoms with E-state index in [2.05, 4.69) is 236 Å². The molecule has 0 atom stereocenters. The first-order valence-corrected chi connectivity index (χ1v) is 25.7. The van der Waals surface area contributed by atoms with Crippen molar-refractivity contribution in [3.8, 4) is 55.6 Å². The van der Waals surface area contributed by atoms with E-state index in [9.17, 15) is 0 Å². The van der Waals surface area contributed by atoms with Gasteiger partial charge in [-0.3, -0.25) is 0 Å². The summed E-state index contributed by atoms with van der Waals surface area (Å²) in [6.07, 6.45) is 0. The highest BCUT2D eigenvalue weighted by molar-refractivity contribution is 7.04. The Hall–Kier alpha value is -8.18. The fourth-order valence-electron chi connectivity index (χ4n) is 10.8. The van der Waals surface area contributed by atoms with Crippen molar-refractivity contribution in [2.24, 2.45) is 0 Å². The largest absolute Gasteiger partial charge is 0.456 e. The van der Waals surface area contributed by atoms with Gasteiger partial charge in [0.05, 0.1) is 5.69 Å². The monoisotopic (exact) mass is 861 g/mol. The van der Waals surface area contributed by atoms with E-state index in [0.29, 0.717) is 0 Å². The average Bonchev–Trinajstić information content (AvgIpc) is 4.02. The smallest absolute Gasteiger partial charge is 0.136 e. The van der Waals surface area contributed by atoms with E-state index in [1.54, 1.807) is 0 Å². The van der Waals surface area contributed by atoms with Gasteiger partial charge in [0.25, 0.3) is 0 Å². The molecule has 3 heterocycles. The van der Waals surface area contributed by atoms with E-state index in [-0.39, 0.29) is 0 Å². The summed E-state index contributed by atoms with van der Waals surface area (Å²) in [5.74, 6) is 0. The fourth-order valence-corrected chi connectivity index (χ4v) is 13.9. The molecule has 12 aromatic rings. The molecule has 0 fully saturated rings. The van der Waals surface area contributed by atoms with Crippen LogP contribution in [0.5, 0.6) is 0 Å². The molecule has 3 nitrogen and oxygen atoms in total. The molecule has 0 spiro atoms. The molecule has 0 amide bonds. The molecule has 0 N–H and O–H groups in total. The van der Waals surface area contributed by atoms with E-state index in [1.165, 1.54) is 38.3 Å². The Bertz CT molecular complexity index is 3830. The molecule has 66 heavy (non-hydrogen) atoms. The fraction of sp³-hybridized carbons (Fsp3) is 0.0323. The van der Waals surface area contributed by atoms with E-state index < -0.39 is 8.07 Å². The summed E-state index contributed by atoms with van der Waals surface area (Å²) in [7, 11) is -1.95. The van der Waals surface area contributed by atoms with Crippen LogP contribution in [-0.2, 0) is 0 Å². The number of nitrogens with zero attached hydrogens (tertiary/aromatic N) is 1. The lowest BCUT2D eigenvalue weighted by Crippen LogP contribution is -2.49. The predicted octanol–water partition coefficient (Wildman–Crippen LogP) is 16.4. The molecular weight excluding hydrogens is 819 g/mol. The molecule has 4 heteroatoms. The van der Waals surface area contributed by atoms with Crippen LogP contribution in [0.1, 0.15) is 0 Å². The van der Waals surface area contributed by atoms with Crippen LogP contribution in [0.3, 0.4) is 0 Å². The van der Waals surface area contributed by atoms with Gasteiger partial charge in [0.1, 0.15) is 30.4 Å². The van der Waals surface area contributed by atoms with Crippen molar-refractivity contribution in [1.82, 2.24) is 0 Å². The summed E-state index contributed by atoms with van der Waals surface area (Å²) in [5, 5.41) is 7.38. The van der Waals surface area contributed by atoms with Crippen LogP contribution in [0.4, 0.5) is 17.1 Å². The van der Waals surface area contributed by atoms with Gasteiger partial charge >= 0.3 is 0 Å². The Kier molecular flexibility index (Phi) is 8.67. The molecule has 312 valence electrons. The second-order valence-corrected chi connectivity index (χ2v) is 22.3. The zero-order chi connectivity index (χ0) is 43.9. The van der Waals surface area contributed by atoms with Crippen molar-refractivity contribution in [3.63, 3.8) is 0 Å².